The van der Waals surface area contributed by atoms with E-state index in [-0.39, 0.29) is 11.8 Å². The first-order valence-electron chi connectivity index (χ1n) is 13.0. The molecule has 0 bridgehead atoms. The Hall–Kier alpha value is -5.98. The molecule has 0 unspecified atom stereocenters. The third kappa shape index (κ3) is 3.63. The van der Waals surface area contributed by atoms with Crippen LogP contribution in [0.2, 0.25) is 0 Å². The van der Waals surface area contributed by atoms with Gasteiger partial charge < -0.3 is 4.57 Å². The van der Waals surface area contributed by atoms with E-state index in [1.54, 1.807) is 30.3 Å². The molecule has 2 amide bonds. The number of carbonyl (C=O) groups excluding carboxylic acids is 2. The second-order valence-corrected chi connectivity index (χ2v) is 10.0. The van der Waals surface area contributed by atoms with Crippen molar-refractivity contribution >= 4 is 39.3 Å². The van der Waals surface area contributed by atoms with E-state index in [4.69, 9.17) is 6.57 Å². The van der Waals surface area contributed by atoms with E-state index in [0.29, 0.717) is 28.1 Å². The molecule has 7 rings (SSSR count). The summed E-state index contributed by atoms with van der Waals surface area (Å²) >= 11 is 0. The van der Waals surface area contributed by atoms with Crippen molar-refractivity contribution in [2.45, 2.75) is 0 Å². The number of hydrogen-bond donors (Lipinski definition) is 0. The van der Waals surface area contributed by atoms with Crippen LogP contribution in [0.5, 0.6) is 0 Å². The van der Waals surface area contributed by atoms with Crippen molar-refractivity contribution in [3.8, 4) is 34.0 Å². The number of nitriles is 1. The largest absolute Gasteiger partial charge is 0.308 e. The van der Waals surface area contributed by atoms with Gasteiger partial charge in [-0.25, -0.2) is 4.85 Å². The van der Waals surface area contributed by atoms with E-state index in [9.17, 15) is 14.9 Å². The summed E-state index contributed by atoms with van der Waals surface area (Å²) < 4.78 is 2.07. The van der Waals surface area contributed by atoms with Crippen LogP contribution < -0.4 is 0 Å². The van der Waals surface area contributed by atoms with Gasteiger partial charge in [0.1, 0.15) is 0 Å². The zero-order chi connectivity index (χ0) is 28.2. The molecular formula is C35H20N4O2. The number of benzene rings is 5. The lowest BCUT2D eigenvalue weighted by atomic mass is 10.0. The van der Waals surface area contributed by atoms with E-state index in [1.165, 1.54) is 7.05 Å². The maximum Gasteiger partial charge on any atom is 0.263 e. The average molecular weight is 529 g/mol. The normalized spacial score (nSPS) is 12.5. The Morgan fingerprint density at radius 1 is 0.707 bits per heavy atom. The fourth-order valence-corrected chi connectivity index (χ4v) is 5.67. The molecule has 0 saturated carbocycles. The summed E-state index contributed by atoms with van der Waals surface area (Å²) in [5.74, 6) is -0.642. The second kappa shape index (κ2) is 9.05. The Bertz CT molecular complexity index is 2040. The van der Waals surface area contributed by atoms with Gasteiger partial charge in [0.2, 0.25) is 0 Å². The summed E-state index contributed by atoms with van der Waals surface area (Å²) in [7, 11) is 1.51. The summed E-state index contributed by atoms with van der Waals surface area (Å²) in [5, 5.41) is 11.2. The van der Waals surface area contributed by atoms with Crippen LogP contribution in [0.1, 0.15) is 26.3 Å². The Balaban J connectivity index is 1.54. The Morgan fingerprint density at radius 3 is 1.83 bits per heavy atom. The van der Waals surface area contributed by atoms with Crippen molar-refractivity contribution in [2.24, 2.45) is 0 Å². The number of aromatic nitrogens is 1. The fourth-order valence-electron chi connectivity index (χ4n) is 5.67. The predicted molar refractivity (Wildman–Crippen MR) is 159 cm³/mol. The van der Waals surface area contributed by atoms with Gasteiger partial charge in [0.05, 0.1) is 46.1 Å². The molecule has 192 valence electrons. The van der Waals surface area contributed by atoms with Gasteiger partial charge in [0.15, 0.2) is 5.69 Å². The van der Waals surface area contributed by atoms with Gasteiger partial charge in [-0.1, -0.05) is 66.7 Å². The number of rotatable bonds is 3. The molecule has 1 aliphatic rings. The van der Waals surface area contributed by atoms with Gasteiger partial charge >= 0.3 is 0 Å². The highest BCUT2D eigenvalue weighted by molar-refractivity contribution is 6.23. The van der Waals surface area contributed by atoms with Crippen LogP contribution >= 0.6 is 0 Å². The van der Waals surface area contributed by atoms with Crippen molar-refractivity contribution < 1.29 is 9.59 Å². The van der Waals surface area contributed by atoms with E-state index in [0.717, 1.165) is 49.0 Å². The molecule has 0 atom stereocenters. The zero-order valence-corrected chi connectivity index (χ0v) is 21.9. The topological polar surface area (TPSA) is 70.5 Å². The monoisotopic (exact) mass is 528 g/mol. The van der Waals surface area contributed by atoms with Crippen LogP contribution in [-0.2, 0) is 0 Å². The SMILES string of the molecule is [C-]#[N+]c1ccc(-c2ccc3c4ccc(-c5ccc(C#N)cc5)cc4n(-c4cccc5c4C(=O)N(C)C5=O)c3c2)cc1. The number of amides is 2. The third-order valence-corrected chi connectivity index (χ3v) is 7.78. The van der Waals surface area contributed by atoms with E-state index >= 15 is 0 Å². The smallest absolute Gasteiger partial charge is 0.263 e. The van der Waals surface area contributed by atoms with Crippen LogP contribution in [0.3, 0.4) is 0 Å². The van der Waals surface area contributed by atoms with Crippen molar-refractivity contribution in [1.29, 1.82) is 5.26 Å². The minimum absolute atomic E-state index is 0.313. The first-order valence-corrected chi connectivity index (χ1v) is 13.0. The zero-order valence-electron chi connectivity index (χ0n) is 21.9. The van der Waals surface area contributed by atoms with Crippen LogP contribution in [0.4, 0.5) is 5.69 Å². The molecule has 5 aromatic carbocycles. The number of imide groups is 1. The standard InChI is InChI=1S/C35H20N4O2/c1-37-26-14-10-23(11-15-26)25-13-17-28-27-16-12-24(22-8-6-21(20-36)7-9-22)18-31(27)39(32(28)19-25)30-5-3-4-29-33(30)35(41)38(2)34(29)40/h3-19H,2H3. The minimum atomic E-state index is -0.329. The van der Waals surface area contributed by atoms with E-state index < -0.39 is 0 Å². The lowest BCUT2D eigenvalue weighted by Crippen LogP contribution is -2.24. The maximum atomic E-state index is 13.3. The van der Waals surface area contributed by atoms with Crippen molar-refractivity contribution in [3.05, 3.63) is 131 Å². The molecule has 0 N–H and O–H groups in total. The summed E-state index contributed by atoms with van der Waals surface area (Å²) in [6.45, 7) is 7.27. The number of hydrogen-bond acceptors (Lipinski definition) is 3. The summed E-state index contributed by atoms with van der Waals surface area (Å²) in [4.78, 5) is 30.9. The Kier molecular flexibility index (Phi) is 5.32. The van der Waals surface area contributed by atoms with Crippen LogP contribution in [0.15, 0.2) is 103 Å². The van der Waals surface area contributed by atoms with Gasteiger partial charge in [-0.15, -0.1) is 0 Å². The van der Waals surface area contributed by atoms with Gasteiger partial charge in [-0.3, -0.25) is 14.5 Å². The Morgan fingerprint density at radius 2 is 1.27 bits per heavy atom. The highest BCUT2D eigenvalue weighted by atomic mass is 16.2. The summed E-state index contributed by atoms with van der Waals surface area (Å²) in [6.07, 6.45) is 0. The highest BCUT2D eigenvalue weighted by Crippen LogP contribution is 2.39. The molecule has 6 aromatic rings. The number of nitrogens with zero attached hydrogens (tertiary/aromatic N) is 4. The third-order valence-electron chi connectivity index (χ3n) is 7.78. The fraction of sp³-hybridized carbons (Fsp3) is 0.0286. The molecule has 1 aromatic heterocycles. The first-order chi connectivity index (χ1) is 20.0. The van der Waals surface area contributed by atoms with Crippen molar-refractivity contribution in [2.75, 3.05) is 7.05 Å². The molecule has 0 aliphatic carbocycles. The number of fused-ring (bicyclic) bond motifs is 4. The summed E-state index contributed by atoms with van der Waals surface area (Å²) in [6, 6.07) is 34.9. The minimum Gasteiger partial charge on any atom is -0.308 e. The quantitative estimate of drug-likeness (QED) is 0.174. The van der Waals surface area contributed by atoms with Gasteiger partial charge in [-0.2, -0.15) is 5.26 Å². The summed E-state index contributed by atoms with van der Waals surface area (Å²) in [5.41, 5.74) is 8.24. The molecule has 1 aliphatic heterocycles. The highest BCUT2D eigenvalue weighted by Gasteiger charge is 2.35. The van der Waals surface area contributed by atoms with Crippen LogP contribution in [-0.4, -0.2) is 28.3 Å². The van der Waals surface area contributed by atoms with E-state index in [2.05, 4.69) is 51.9 Å². The molecule has 0 radical (unpaired) electrons. The van der Waals surface area contributed by atoms with Crippen molar-refractivity contribution in [1.82, 2.24) is 9.47 Å². The van der Waals surface area contributed by atoms with Crippen LogP contribution in [0, 0.1) is 17.9 Å². The second-order valence-electron chi connectivity index (χ2n) is 10.0. The lowest BCUT2D eigenvalue weighted by molar-refractivity contribution is 0.0693. The van der Waals surface area contributed by atoms with Gasteiger partial charge in [0.25, 0.3) is 11.8 Å². The van der Waals surface area contributed by atoms with Gasteiger partial charge in [-0.05, 0) is 58.7 Å². The van der Waals surface area contributed by atoms with E-state index in [1.807, 2.05) is 36.4 Å². The maximum absolute atomic E-state index is 13.3. The molecule has 0 spiro atoms. The molecule has 6 nitrogen and oxygen atoms in total. The average Bonchev–Trinajstić information content (AvgIpc) is 3.47. The Labute approximate surface area is 235 Å². The number of carbonyl (C=O) groups is 2. The lowest BCUT2D eigenvalue weighted by Gasteiger charge is -2.13. The predicted octanol–water partition coefficient (Wildman–Crippen LogP) is 7.77. The van der Waals surface area contributed by atoms with Gasteiger partial charge in [0, 0.05) is 17.8 Å². The molecule has 0 saturated heterocycles. The molecule has 0 fully saturated rings. The molecule has 2 heterocycles. The first kappa shape index (κ1) is 24.1. The molecular weight excluding hydrogens is 508 g/mol. The molecule has 41 heavy (non-hydrogen) atoms. The molecule has 6 heteroatoms. The van der Waals surface area contributed by atoms with Crippen molar-refractivity contribution in [3.63, 3.8) is 0 Å². The van der Waals surface area contributed by atoms with Crippen LogP contribution in [0.25, 0.3) is 54.6 Å².